The van der Waals surface area contributed by atoms with E-state index >= 15 is 0 Å². The van der Waals surface area contributed by atoms with Crippen molar-refractivity contribution in [2.24, 2.45) is 5.92 Å². The number of rotatable bonds is 7. The number of carbonyl (C=O) groups excluding carboxylic acids is 1. The van der Waals surface area contributed by atoms with E-state index in [4.69, 9.17) is 5.73 Å². The summed E-state index contributed by atoms with van der Waals surface area (Å²) < 4.78 is 0.950. The molecule has 5 heteroatoms. The zero-order chi connectivity index (χ0) is 15.1. The van der Waals surface area contributed by atoms with Crippen molar-refractivity contribution in [1.82, 2.24) is 5.32 Å². The topological polar surface area (TPSA) is 55.1 Å². The highest BCUT2D eigenvalue weighted by Gasteiger charge is 2.09. The number of amides is 1. The second-order valence-electron chi connectivity index (χ2n) is 5.41. The van der Waals surface area contributed by atoms with Gasteiger partial charge in [-0.3, -0.25) is 4.79 Å². The standard InChI is InChI=1S/C15H23BrN2OS/c1-10(2)4-5-11(3)18-15(19)9-20-14-7-6-12(16)8-13(14)17/h6-8,10-11H,4-5,9,17H2,1-3H3,(H,18,19). The number of hydrogen-bond donors (Lipinski definition) is 2. The number of hydrogen-bond acceptors (Lipinski definition) is 3. The molecule has 20 heavy (non-hydrogen) atoms. The Hall–Kier alpha value is -0.680. The molecule has 3 N–H and O–H groups in total. The average molecular weight is 359 g/mol. The van der Waals surface area contributed by atoms with Gasteiger partial charge in [0.1, 0.15) is 0 Å². The lowest BCUT2D eigenvalue weighted by Crippen LogP contribution is -2.34. The van der Waals surface area contributed by atoms with Gasteiger partial charge in [-0.25, -0.2) is 0 Å². The van der Waals surface area contributed by atoms with E-state index in [0.717, 1.165) is 22.2 Å². The second kappa shape index (κ2) is 8.57. The first kappa shape index (κ1) is 17.4. The van der Waals surface area contributed by atoms with Gasteiger partial charge in [-0.15, -0.1) is 11.8 Å². The molecule has 112 valence electrons. The molecule has 0 aliphatic rings. The minimum Gasteiger partial charge on any atom is -0.398 e. The van der Waals surface area contributed by atoms with Crippen molar-refractivity contribution < 1.29 is 4.79 Å². The van der Waals surface area contributed by atoms with Gasteiger partial charge in [0.25, 0.3) is 0 Å². The molecule has 1 rings (SSSR count). The summed E-state index contributed by atoms with van der Waals surface area (Å²) >= 11 is 4.84. The maximum atomic E-state index is 11.9. The van der Waals surface area contributed by atoms with Crippen LogP contribution in [0, 0.1) is 5.92 Å². The summed E-state index contributed by atoms with van der Waals surface area (Å²) in [7, 11) is 0. The Morgan fingerprint density at radius 1 is 1.35 bits per heavy atom. The first-order valence-corrected chi connectivity index (χ1v) is 8.63. The third-order valence-electron chi connectivity index (χ3n) is 2.92. The van der Waals surface area contributed by atoms with Gasteiger partial charge in [-0.05, 0) is 43.9 Å². The lowest BCUT2D eigenvalue weighted by atomic mass is 10.0. The maximum absolute atomic E-state index is 11.9. The van der Waals surface area contributed by atoms with Crippen LogP contribution in [0.4, 0.5) is 5.69 Å². The number of nitrogen functional groups attached to an aromatic ring is 1. The summed E-state index contributed by atoms with van der Waals surface area (Å²) in [6.07, 6.45) is 2.16. The number of carbonyl (C=O) groups is 1. The molecule has 1 unspecified atom stereocenters. The molecule has 0 saturated carbocycles. The van der Waals surface area contributed by atoms with Crippen LogP contribution >= 0.6 is 27.7 Å². The molecule has 0 aliphatic carbocycles. The van der Waals surface area contributed by atoms with Crippen molar-refractivity contribution in [2.45, 2.75) is 44.6 Å². The molecule has 1 amide bonds. The van der Waals surface area contributed by atoms with Crippen molar-refractivity contribution in [3.8, 4) is 0 Å². The minimum absolute atomic E-state index is 0.0635. The van der Waals surface area contributed by atoms with Gasteiger partial charge in [0.2, 0.25) is 5.91 Å². The first-order valence-electron chi connectivity index (χ1n) is 6.85. The predicted octanol–water partition coefficient (Wildman–Crippen LogP) is 4.06. The molecule has 1 aromatic carbocycles. The highest BCUT2D eigenvalue weighted by molar-refractivity contribution is 9.10. The number of thioether (sulfide) groups is 1. The van der Waals surface area contributed by atoms with Gasteiger partial charge < -0.3 is 11.1 Å². The van der Waals surface area contributed by atoms with Crippen LogP contribution in [-0.4, -0.2) is 17.7 Å². The largest absolute Gasteiger partial charge is 0.398 e. The van der Waals surface area contributed by atoms with Gasteiger partial charge in [0, 0.05) is 21.1 Å². The van der Waals surface area contributed by atoms with Gasteiger partial charge in [-0.1, -0.05) is 29.8 Å². The molecule has 0 aliphatic heterocycles. The molecule has 0 aromatic heterocycles. The predicted molar refractivity (Wildman–Crippen MR) is 91.0 cm³/mol. The zero-order valence-corrected chi connectivity index (χ0v) is 14.7. The number of halogens is 1. The minimum atomic E-state index is 0.0635. The Morgan fingerprint density at radius 2 is 2.05 bits per heavy atom. The summed E-state index contributed by atoms with van der Waals surface area (Å²) in [5.41, 5.74) is 6.61. The van der Waals surface area contributed by atoms with E-state index in [1.807, 2.05) is 18.2 Å². The quantitative estimate of drug-likeness (QED) is 0.570. The fraction of sp³-hybridized carbons (Fsp3) is 0.533. The Morgan fingerprint density at radius 3 is 2.65 bits per heavy atom. The van der Waals surface area contributed by atoms with Crippen LogP contribution in [0.1, 0.15) is 33.6 Å². The van der Waals surface area contributed by atoms with Crippen molar-refractivity contribution in [3.05, 3.63) is 22.7 Å². The molecular weight excluding hydrogens is 336 g/mol. The smallest absolute Gasteiger partial charge is 0.230 e. The molecule has 1 atom stereocenters. The Kier molecular flexibility index (Phi) is 7.45. The molecule has 0 bridgehead atoms. The van der Waals surface area contributed by atoms with Crippen LogP contribution in [0.15, 0.2) is 27.6 Å². The second-order valence-corrected chi connectivity index (χ2v) is 7.34. The Bertz CT molecular complexity index is 451. The molecule has 0 spiro atoms. The highest BCUT2D eigenvalue weighted by Crippen LogP contribution is 2.27. The van der Waals surface area contributed by atoms with E-state index in [2.05, 4.69) is 42.0 Å². The lowest BCUT2D eigenvalue weighted by Gasteiger charge is -2.15. The number of anilines is 1. The maximum Gasteiger partial charge on any atom is 0.230 e. The van der Waals surface area contributed by atoms with Crippen LogP contribution in [0.5, 0.6) is 0 Å². The monoisotopic (exact) mass is 358 g/mol. The van der Waals surface area contributed by atoms with Crippen molar-refractivity contribution in [3.63, 3.8) is 0 Å². The van der Waals surface area contributed by atoms with Gasteiger partial charge in [-0.2, -0.15) is 0 Å². The average Bonchev–Trinajstić information content (AvgIpc) is 2.35. The SMILES string of the molecule is CC(C)CCC(C)NC(=O)CSc1ccc(Br)cc1N. The third-order valence-corrected chi connectivity index (χ3v) is 4.50. The van der Waals surface area contributed by atoms with Crippen LogP contribution < -0.4 is 11.1 Å². The highest BCUT2D eigenvalue weighted by atomic mass is 79.9. The molecule has 0 radical (unpaired) electrons. The van der Waals surface area contributed by atoms with Crippen LogP contribution in [0.2, 0.25) is 0 Å². The number of nitrogens with two attached hydrogens (primary N) is 1. The molecule has 1 aromatic rings. The van der Waals surface area contributed by atoms with E-state index in [-0.39, 0.29) is 11.9 Å². The zero-order valence-electron chi connectivity index (χ0n) is 12.3. The molecule has 0 heterocycles. The fourth-order valence-corrected chi connectivity index (χ4v) is 2.90. The first-order chi connectivity index (χ1) is 9.38. The van der Waals surface area contributed by atoms with Crippen molar-refractivity contribution in [2.75, 3.05) is 11.5 Å². The summed E-state index contributed by atoms with van der Waals surface area (Å²) in [6.45, 7) is 6.44. The summed E-state index contributed by atoms with van der Waals surface area (Å²) in [6, 6.07) is 5.94. The Labute approximate surface area is 134 Å². The number of nitrogens with one attached hydrogen (secondary N) is 1. The van der Waals surface area contributed by atoms with E-state index < -0.39 is 0 Å². The third kappa shape index (κ3) is 6.66. The normalized spacial score (nSPS) is 12.4. The van der Waals surface area contributed by atoms with Crippen molar-refractivity contribution in [1.29, 1.82) is 0 Å². The van der Waals surface area contributed by atoms with Crippen molar-refractivity contribution >= 4 is 39.3 Å². The van der Waals surface area contributed by atoms with Gasteiger partial charge in [0.15, 0.2) is 0 Å². The summed E-state index contributed by atoms with van der Waals surface area (Å²) in [4.78, 5) is 12.8. The van der Waals surface area contributed by atoms with E-state index in [1.165, 1.54) is 11.8 Å². The molecular formula is C15H23BrN2OS. The lowest BCUT2D eigenvalue weighted by molar-refractivity contribution is -0.119. The molecule has 3 nitrogen and oxygen atoms in total. The van der Waals surface area contributed by atoms with E-state index in [9.17, 15) is 4.79 Å². The number of benzene rings is 1. The molecule has 0 saturated heterocycles. The fourth-order valence-electron chi connectivity index (χ4n) is 1.77. The van der Waals surface area contributed by atoms with E-state index in [0.29, 0.717) is 17.4 Å². The molecule has 0 fully saturated rings. The van der Waals surface area contributed by atoms with Gasteiger partial charge in [0.05, 0.1) is 5.75 Å². The van der Waals surface area contributed by atoms with Crippen LogP contribution in [-0.2, 0) is 4.79 Å². The Balaban J connectivity index is 2.36. The van der Waals surface area contributed by atoms with Crippen LogP contribution in [0.25, 0.3) is 0 Å². The van der Waals surface area contributed by atoms with E-state index in [1.54, 1.807) is 0 Å². The summed E-state index contributed by atoms with van der Waals surface area (Å²) in [5.74, 6) is 1.14. The van der Waals surface area contributed by atoms with Crippen LogP contribution in [0.3, 0.4) is 0 Å². The summed E-state index contributed by atoms with van der Waals surface area (Å²) in [5, 5.41) is 3.03. The van der Waals surface area contributed by atoms with Gasteiger partial charge >= 0.3 is 0 Å².